The number of phenols is 1. The van der Waals surface area contributed by atoms with Crippen molar-refractivity contribution in [1.82, 2.24) is 5.32 Å². The van der Waals surface area contributed by atoms with Crippen LogP contribution in [-0.4, -0.2) is 30.3 Å². The number of nitriles is 2. The summed E-state index contributed by atoms with van der Waals surface area (Å²) >= 11 is 0. The molecule has 3 aromatic rings. The zero-order valence-electron chi connectivity index (χ0n) is 20.3. The summed E-state index contributed by atoms with van der Waals surface area (Å²) < 4.78 is 81.4. The van der Waals surface area contributed by atoms with Gasteiger partial charge >= 0.3 is 10.2 Å². The van der Waals surface area contributed by atoms with Gasteiger partial charge in [-0.05, 0) is 55.5 Å². The molecule has 206 valence electrons. The van der Waals surface area contributed by atoms with Crippen molar-refractivity contribution in [3.8, 4) is 40.9 Å². The smallest absolute Gasteiger partial charge is 0.310 e. The van der Waals surface area contributed by atoms with Crippen LogP contribution in [0.5, 0.6) is 28.7 Å². The van der Waals surface area contributed by atoms with E-state index in [1.54, 1.807) is 0 Å². The zero-order chi connectivity index (χ0) is 29.1. The minimum absolute atomic E-state index is 0.0138. The van der Waals surface area contributed by atoms with Crippen LogP contribution in [0, 0.1) is 22.7 Å². The molecule has 8 nitrogen and oxygen atoms in total. The molecule has 3 aromatic carbocycles. The topological polar surface area (TPSA) is 125 Å². The molecule has 0 saturated carbocycles. The van der Waals surface area contributed by atoms with E-state index in [4.69, 9.17) is 14.2 Å². The summed E-state index contributed by atoms with van der Waals surface area (Å²) in [7, 11) is -8.57. The van der Waals surface area contributed by atoms with E-state index < -0.39 is 38.7 Å². The van der Waals surface area contributed by atoms with Crippen LogP contribution in [0.4, 0.5) is 19.4 Å². The second-order valence-electron chi connectivity index (χ2n) is 8.39. The predicted octanol–water partition coefficient (Wildman–Crippen LogP) is 6.81. The molecular weight excluding hydrogens is 549 g/mol. The van der Waals surface area contributed by atoms with Crippen molar-refractivity contribution < 1.29 is 43.5 Å². The van der Waals surface area contributed by atoms with E-state index in [0.29, 0.717) is 12.1 Å². The number of carbonyl (C=O) groups excluding carboxylic acids is 1. The molecule has 0 heterocycles. The van der Waals surface area contributed by atoms with Gasteiger partial charge in [-0.2, -0.15) is 10.5 Å². The highest BCUT2D eigenvalue weighted by molar-refractivity contribution is 8.45. The molecule has 39 heavy (non-hydrogen) atoms. The third kappa shape index (κ3) is 7.21. The van der Waals surface area contributed by atoms with E-state index in [1.807, 2.05) is 12.1 Å². The summed E-state index contributed by atoms with van der Waals surface area (Å²) in [6.45, 7) is 0.738. The van der Waals surface area contributed by atoms with E-state index in [-0.39, 0.29) is 46.4 Å². The lowest BCUT2D eigenvalue weighted by atomic mass is 10.0. The Balaban J connectivity index is 1.81. The lowest BCUT2D eigenvalue weighted by Gasteiger charge is -2.40. The minimum Gasteiger partial charge on any atom is -0.508 e. The van der Waals surface area contributed by atoms with E-state index in [9.17, 15) is 39.9 Å². The quantitative estimate of drug-likeness (QED) is 0.271. The number of methoxy groups -OCH3 is 1. The summed E-state index contributed by atoms with van der Waals surface area (Å²) in [5.74, 6) is -0.685. The van der Waals surface area contributed by atoms with Gasteiger partial charge in [0.15, 0.2) is 28.5 Å². The number of nitrogens with zero attached hydrogens (tertiary/aromatic N) is 2. The van der Waals surface area contributed by atoms with Gasteiger partial charge in [0.25, 0.3) is 5.91 Å². The van der Waals surface area contributed by atoms with Crippen molar-refractivity contribution in [1.29, 1.82) is 10.5 Å². The van der Waals surface area contributed by atoms with Gasteiger partial charge in [0.2, 0.25) is 0 Å². The molecule has 1 amide bonds. The molecule has 1 atom stereocenters. The molecular formula is C25H20F5N3O5S. The van der Waals surface area contributed by atoms with Crippen molar-refractivity contribution in [3.05, 3.63) is 71.8 Å². The fourth-order valence-corrected chi connectivity index (χ4v) is 3.79. The van der Waals surface area contributed by atoms with Crippen LogP contribution < -0.4 is 19.5 Å². The first kappa shape index (κ1) is 28.9. The van der Waals surface area contributed by atoms with Crippen LogP contribution in [0.1, 0.15) is 22.8 Å². The molecule has 0 saturated heterocycles. The van der Waals surface area contributed by atoms with Gasteiger partial charge in [0, 0.05) is 17.7 Å². The van der Waals surface area contributed by atoms with E-state index in [0.717, 1.165) is 0 Å². The van der Waals surface area contributed by atoms with Crippen LogP contribution in [0.2, 0.25) is 0 Å². The first-order valence-corrected chi connectivity index (χ1v) is 12.7. The number of benzene rings is 3. The third-order valence-corrected chi connectivity index (χ3v) is 6.32. The van der Waals surface area contributed by atoms with Gasteiger partial charge in [0.05, 0.1) is 24.8 Å². The third-order valence-electron chi connectivity index (χ3n) is 5.15. The van der Waals surface area contributed by atoms with Crippen molar-refractivity contribution >= 4 is 16.1 Å². The highest BCUT2D eigenvalue weighted by atomic mass is 32.5. The number of phenolic OH excluding ortho intramolecular Hbond substituents is 1. The molecule has 0 radical (unpaired) electrons. The summed E-state index contributed by atoms with van der Waals surface area (Å²) in [6.07, 6.45) is 0. The Morgan fingerprint density at radius 2 is 1.56 bits per heavy atom. The van der Waals surface area contributed by atoms with Crippen molar-refractivity contribution in [3.63, 3.8) is 0 Å². The number of ether oxygens (including phenoxy) is 3. The molecule has 3 rings (SSSR count). The predicted molar refractivity (Wildman–Crippen MR) is 131 cm³/mol. The van der Waals surface area contributed by atoms with Crippen LogP contribution in [-0.2, 0) is 0 Å². The van der Waals surface area contributed by atoms with Crippen molar-refractivity contribution in [2.75, 3.05) is 13.7 Å². The molecule has 2 N–H and O–H groups in total. The number of hydrogen-bond acceptors (Lipinski definition) is 7. The lowest BCUT2D eigenvalue weighted by molar-refractivity contribution is 0.0900. The normalized spacial score (nSPS) is 14.4. The Hall–Kier alpha value is -4.69. The highest BCUT2D eigenvalue weighted by Crippen LogP contribution is 3.02. The SMILES string of the molecule is COc1cc(O)ccc1Oc1ccc(C#N)cc1OCC(C)(C#N)NC(=O)c1ccc(S(F)(F)(F)(F)F)cc1. The molecule has 14 heteroatoms. The van der Waals surface area contributed by atoms with Crippen LogP contribution in [0.15, 0.2) is 65.6 Å². The summed E-state index contributed by atoms with van der Waals surface area (Å²) in [4.78, 5) is 10.4. The van der Waals surface area contributed by atoms with Crippen LogP contribution in [0.25, 0.3) is 0 Å². The average Bonchev–Trinajstić information content (AvgIpc) is 2.87. The molecule has 0 aliphatic carbocycles. The number of halogens is 5. The van der Waals surface area contributed by atoms with E-state index in [1.165, 1.54) is 50.4 Å². The Bertz CT molecular complexity index is 1500. The number of hydrogen-bond donors (Lipinski definition) is 2. The number of nitrogens with one attached hydrogen (secondary N) is 1. The maximum absolute atomic E-state index is 12.9. The Kier molecular flexibility index (Phi) is 7.08. The first-order valence-electron chi connectivity index (χ1n) is 10.8. The monoisotopic (exact) mass is 569 g/mol. The van der Waals surface area contributed by atoms with E-state index >= 15 is 0 Å². The minimum atomic E-state index is -9.92. The molecule has 0 fully saturated rings. The second-order valence-corrected chi connectivity index (χ2v) is 10.8. The number of aromatic hydroxyl groups is 1. The van der Waals surface area contributed by atoms with E-state index in [2.05, 4.69) is 5.32 Å². The Morgan fingerprint density at radius 3 is 2.13 bits per heavy atom. The molecule has 0 aliphatic heterocycles. The van der Waals surface area contributed by atoms with Gasteiger partial charge < -0.3 is 24.6 Å². The number of rotatable bonds is 9. The van der Waals surface area contributed by atoms with Gasteiger partial charge in [-0.15, -0.1) is 0 Å². The van der Waals surface area contributed by atoms with Crippen LogP contribution in [0.3, 0.4) is 0 Å². The van der Waals surface area contributed by atoms with Gasteiger partial charge in [-0.3, -0.25) is 4.79 Å². The summed E-state index contributed by atoms with van der Waals surface area (Å²) in [5, 5.41) is 30.9. The Labute approximate surface area is 219 Å². The molecule has 0 aliphatic rings. The van der Waals surface area contributed by atoms with Crippen molar-refractivity contribution in [2.45, 2.75) is 17.4 Å². The Morgan fingerprint density at radius 1 is 0.949 bits per heavy atom. The first-order chi connectivity index (χ1) is 18.0. The molecule has 1 unspecified atom stereocenters. The van der Waals surface area contributed by atoms with Gasteiger partial charge in [-0.1, -0.05) is 19.4 Å². The lowest BCUT2D eigenvalue weighted by Crippen LogP contribution is -2.49. The van der Waals surface area contributed by atoms with Gasteiger partial charge in [0.1, 0.15) is 17.3 Å². The van der Waals surface area contributed by atoms with Crippen LogP contribution >= 0.6 is 10.2 Å². The zero-order valence-corrected chi connectivity index (χ0v) is 21.1. The average molecular weight is 570 g/mol. The highest BCUT2D eigenvalue weighted by Gasteiger charge is 2.65. The molecule has 0 aromatic heterocycles. The largest absolute Gasteiger partial charge is 0.508 e. The van der Waals surface area contributed by atoms with Gasteiger partial charge in [-0.25, -0.2) is 0 Å². The molecule has 0 spiro atoms. The standard InChI is InChI=1S/C25H20F5N3O5S/c1-25(14-32,33-24(35)17-4-7-19(8-5-17)39(26,27,28,29)30)15-37-23-11-16(13-31)3-9-21(23)38-20-10-6-18(34)12-22(20)36-2/h3-12,34H,15H2,1-2H3,(H,33,35). The maximum Gasteiger partial charge on any atom is 0.310 e. The second kappa shape index (κ2) is 9.56. The number of amides is 1. The maximum atomic E-state index is 12.9. The summed E-state index contributed by atoms with van der Waals surface area (Å²) in [6, 6.07) is 13.2. The fourth-order valence-electron chi connectivity index (χ4n) is 3.14. The fraction of sp³-hybridized carbons (Fsp3) is 0.160. The number of carbonyl (C=O) groups is 1. The van der Waals surface area contributed by atoms with Crippen molar-refractivity contribution in [2.24, 2.45) is 0 Å². The summed E-state index contributed by atoms with van der Waals surface area (Å²) in [5.41, 5.74) is -2.00. The molecule has 0 bridgehead atoms.